The number of methoxy groups -OCH3 is 1. The van der Waals surface area contributed by atoms with Crippen molar-refractivity contribution in [1.29, 1.82) is 0 Å². The molecule has 1 N–H and O–H groups in total. The van der Waals surface area contributed by atoms with Gasteiger partial charge in [-0.2, -0.15) is 4.99 Å². The van der Waals surface area contributed by atoms with E-state index in [1.165, 1.54) is 25.3 Å². The number of ether oxygens (including phenoxy) is 2. The number of nitrogens with zero attached hydrogens (tertiary/aromatic N) is 1. The molecule has 0 aromatic heterocycles. The van der Waals surface area contributed by atoms with Gasteiger partial charge in [0.05, 0.1) is 6.10 Å². The number of hydrogen-bond acceptors (Lipinski definition) is 7. The quantitative estimate of drug-likeness (QED) is 0.182. The molecule has 2 aliphatic carbocycles. The lowest BCUT2D eigenvalue weighted by atomic mass is 9.68. The van der Waals surface area contributed by atoms with Crippen LogP contribution in [-0.4, -0.2) is 61.5 Å². The van der Waals surface area contributed by atoms with Gasteiger partial charge < -0.3 is 19.0 Å². The first-order chi connectivity index (χ1) is 15.7. The molecule has 1 fully saturated rings. The lowest BCUT2D eigenvalue weighted by Gasteiger charge is -2.40. The van der Waals surface area contributed by atoms with Crippen LogP contribution in [0.3, 0.4) is 0 Å². The van der Waals surface area contributed by atoms with Crippen LogP contribution in [0.15, 0.2) is 40.9 Å². The van der Waals surface area contributed by atoms with Crippen LogP contribution in [0.25, 0.3) is 0 Å². The number of epoxide rings is 1. The molecule has 0 amide bonds. The first-order valence-electron chi connectivity index (χ1n) is 11.5. The van der Waals surface area contributed by atoms with Crippen LogP contribution in [0.4, 0.5) is 0 Å². The first-order valence-corrected chi connectivity index (χ1v) is 14.0. The van der Waals surface area contributed by atoms with Gasteiger partial charge in [0.2, 0.25) is 11.8 Å². The molecule has 1 aliphatic heterocycles. The lowest BCUT2D eigenvalue weighted by molar-refractivity contribution is -0.111. The fourth-order valence-electron chi connectivity index (χ4n) is 5.48. The maximum atomic E-state index is 12.5. The summed E-state index contributed by atoms with van der Waals surface area (Å²) in [5.41, 5.74) is -3.92. The van der Waals surface area contributed by atoms with Gasteiger partial charge in [-0.15, -0.1) is 0 Å². The summed E-state index contributed by atoms with van der Waals surface area (Å²) < 4.78 is 19.0. The molecule has 8 heteroatoms. The molecule has 1 heterocycles. The number of fused-ring (bicyclic) bond motifs is 1. The Morgan fingerprint density at radius 1 is 1.33 bits per heavy atom. The predicted octanol–water partition coefficient (Wildman–Crippen LogP) is 3.22. The van der Waals surface area contributed by atoms with Crippen LogP contribution < -0.4 is 0 Å². The number of allylic oxidation sites excluding steroid dienone is 3. The highest BCUT2D eigenvalue weighted by Crippen LogP contribution is 2.65. The first kappa shape index (κ1) is 25.5. The Labute approximate surface area is 196 Å². The van der Waals surface area contributed by atoms with Crippen LogP contribution in [0, 0.1) is 17.8 Å². The Morgan fingerprint density at radius 2 is 2.00 bits per heavy atom. The van der Waals surface area contributed by atoms with Crippen molar-refractivity contribution in [2.24, 2.45) is 10.9 Å². The average molecular weight is 472 g/mol. The standard InChI is InChI=1S/C25H33NO6Si/c1-7-33(8-2,9-3)31-19(5)24-18(4)12-10-11-13-22(29)25(24,32-24)21-16-20(28)14-15-23(21,30-6)26-17-27/h10,12,14-16,18-19,22,29H,7-9H2,1-6H3/b12-10-/t18-,19+,22+,23-,24+,25-/m0/s1. The SMILES string of the molecule is CC[Si](CC)(CC)O[C@H](C)[C@@]12O[C@@]1(C1=CC(=O)C=C[C@]1(N=C=O)OC)[C@H](O)C#C/C=C\[C@@H]2C. The maximum absolute atomic E-state index is 12.5. The van der Waals surface area contributed by atoms with E-state index in [2.05, 4.69) is 37.6 Å². The van der Waals surface area contributed by atoms with Gasteiger partial charge in [-0.3, -0.25) is 4.79 Å². The van der Waals surface area contributed by atoms with E-state index in [0.29, 0.717) is 0 Å². The zero-order valence-electron chi connectivity index (χ0n) is 20.2. The lowest BCUT2D eigenvalue weighted by Crippen LogP contribution is -2.55. The summed E-state index contributed by atoms with van der Waals surface area (Å²) in [5, 5.41) is 11.4. The van der Waals surface area contributed by atoms with Crippen molar-refractivity contribution in [3.8, 4) is 11.8 Å². The van der Waals surface area contributed by atoms with Gasteiger partial charge in [-0.05, 0) is 49.4 Å². The third-order valence-corrected chi connectivity index (χ3v) is 12.4. The van der Waals surface area contributed by atoms with Crippen molar-refractivity contribution in [2.45, 2.75) is 81.9 Å². The third kappa shape index (κ3) is 3.73. The fraction of sp³-hybridized carbons (Fsp3) is 0.600. The molecule has 0 unspecified atom stereocenters. The molecule has 1 saturated heterocycles. The highest BCUT2D eigenvalue weighted by molar-refractivity contribution is 6.73. The summed E-state index contributed by atoms with van der Waals surface area (Å²) in [4.78, 5) is 27.8. The van der Waals surface area contributed by atoms with Crippen molar-refractivity contribution in [1.82, 2.24) is 0 Å². The minimum Gasteiger partial charge on any atom is -0.411 e. The van der Waals surface area contributed by atoms with E-state index in [1.807, 2.05) is 19.9 Å². The molecule has 178 valence electrons. The number of aliphatic imine (C=N–C) groups is 1. The van der Waals surface area contributed by atoms with E-state index in [9.17, 15) is 14.7 Å². The average Bonchev–Trinajstić information content (AvgIpc) is 3.53. The highest BCUT2D eigenvalue weighted by atomic mass is 28.4. The maximum Gasteiger partial charge on any atom is 0.238 e. The Balaban J connectivity index is 2.23. The normalized spacial score (nSPS) is 36.8. The van der Waals surface area contributed by atoms with Crippen molar-refractivity contribution in [2.75, 3.05) is 7.11 Å². The van der Waals surface area contributed by atoms with Gasteiger partial charge in [-0.1, -0.05) is 45.6 Å². The zero-order chi connectivity index (χ0) is 24.5. The predicted molar refractivity (Wildman–Crippen MR) is 126 cm³/mol. The number of carbonyl (C=O) groups excluding carboxylic acids is 2. The molecule has 6 atom stereocenters. The molecule has 0 aromatic carbocycles. The van der Waals surface area contributed by atoms with Crippen LogP contribution in [0.2, 0.25) is 18.1 Å². The zero-order valence-corrected chi connectivity index (χ0v) is 21.2. The van der Waals surface area contributed by atoms with E-state index in [4.69, 9.17) is 13.9 Å². The van der Waals surface area contributed by atoms with Crippen LogP contribution in [0.1, 0.15) is 34.6 Å². The summed E-state index contributed by atoms with van der Waals surface area (Å²) >= 11 is 0. The molecule has 0 saturated carbocycles. The minimum atomic E-state index is -2.06. The molecule has 0 spiro atoms. The molecule has 3 rings (SSSR count). The summed E-state index contributed by atoms with van der Waals surface area (Å²) in [6.45, 7) is 10.4. The van der Waals surface area contributed by atoms with Crippen molar-refractivity contribution in [3.63, 3.8) is 0 Å². The third-order valence-electron chi connectivity index (χ3n) is 7.65. The molecule has 0 aromatic rings. The molecule has 7 nitrogen and oxygen atoms in total. The summed E-state index contributed by atoms with van der Waals surface area (Å²) in [6, 6.07) is 2.84. The Morgan fingerprint density at radius 3 is 2.58 bits per heavy atom. The van der Waals surface area contributed by atoms with Crippen LogP contribution >= 0.6 is 0 Å². The summed E-state index contributed by atoms with van der Waals surface area (Å²) in [5.74, 6) is 5.10. The number of ketones is 1. The van der Waals surface area contributed by atoms with E-state index >= 15 is 0 Å². The summed E-state index contributed by atoms with van der Waals surface area (Å²) in [6.07, 6.45) is 7.42. The molecular weight excluding hydrogens is 438 g/mol. The highest BCUT2D eigenvalue weighted by Gasteiger charge is 2.81. The van der Waals surface area contributed by atoms with Gasteiger partial charge in [0, 0.05) is 18.6 Å². The second-order valence-electron chi connectivity index (χ2n) is 8.87. The number of rotatable bonds is 9. The smallest absolute Gasteiger partial charge is 0.238 e. The largest absolute Gasteiger partial charge is 0.411 e. The number of hydrogen-bond donors (Lipinski definition) is 1. The number of aliphatic hydroxyl groups is 1. The van der Waals surface area contributed by atoms with Gasteiger partial charge >= 0.3 is 0 Å². The van der Waals surface area contributed by atoms with Crippen molar-refractivity contribution >= 4 is 20.2 Å². The van der Waals surface area contributed by atoms with Crippen LogP contribution in [0.5, 0.6) is 0 Å². The minimum absolute atomic E-state index is 0.226. The second kappa shape index (κ2) is 9.26. The van der Waals surface area contributed by atoms with Crippen molar-refractivity contribution in [3.05, 3.63) is 36.0 Å². The van der Waals surface area contributed by atoms with Gasteiger partial charge in [0.15, 0.2) is 25.8 Å². The number of aliphatic hydroxyl groups excluding tert-OH is 1. The molecular formula is C25H33NO6Si. The van der Waals surface area contributed by atoms with E-state index in [1.54, 1.807) is 12.2 Å². The van der Waals surface area contributed by atoms with Crippen LogP contribution in [-0.2, 0) is 23.5 Å². The second-order valence-corrected chi connectivity index (χ2v) is 13.6. The molecule has 33 heavy (non-hydrogen) atoms. The molecule has 3 aliphatic rings. The van der Waals surface area contributed by atoms with E-state index in [-0.39, 0.29) is 17.3 Å². The monoisotopic (exact) mass is 471 g/mol. The fourth-order valence-corrected chi connectivity index (χ4v) is 8.40. The van der Waals surface area contributed by atoms with E-state index < -0.39 is 37.5 Å². The Hall–Kier alpha value is -2.11. The summed E-state index contributed by atoms with van der Waals surface area (Å²) in [7, 11) is -0.682. The van der Waals surface area contributed by atoms with Gasteiger partial charge in [0.1, 0.15) is 5.60 Å². The Bertz CT molecular complexity index is 990. The van der Waals surface area contributed by atoms with Gasteiger partial charge in [0.25, 0.3) is 0 Å². The molecule has 0 bridgehead atoms. The Kier molecular flexibility index (Phi) is 7.16. The topological polar surface area (TPSA) is 97.7 Å². The molecule has 0 radical (unpaired) electrons. The number of isocyanates is 1. The van der Waals surface area contributed by atoms with Gasteiger partial charge in [-0.25, -0.2) is 4.79 Å². The number of carbonyl (C=O) groups is 1. The van der Waals surface area contributed by atoms with Crippen molar-refractivity contribution < 1.29 is 28.6 Å². The van der Waals surface area contributed by atoms with E-state index in [0.717, 1.165) is 18.1 Å².